The average Bonchev–Trinajstić information content (AvgIpc) is 2.61. The monoisotopic (exact) mass is 252 g/mol. The van der Waals surface area contributed by atoms with Crippen molar-refractivity contribution in [2.75, 3.05) is 6.54 Å². The van der Waals surface area contributed by atoms with Crippen molar-refractivity contribution in [1.82, 2.24) is 10.3 Å². The van der Waals surface area contributed by atoms with Crippen LogP contribution in [0.2, 0.25) is 0 Å². The molecule has 0 amide bonds. The van der Waals surface area contributed by atoms with E-state index in [1.54, 1.807) is 0 Å². The lowest BCUT2D eigenvalue weighted by atomic mass is 9.82. The molecular formula is C14H24N2S. The summed E-state index contributed by atoms with van der Waals surface area (Å²) in [6.45, 7) is 7.61. The number of aromatic nitrogens is 1. The lowest BCUT2D eigenvalue weighted by Crippen LogP contribution is -2.39. The zero-order valence-electron chi connectivity index (χ0n) is 11.3. The Morgan fingerprint density at radius 3 is 2.71 bits per heavy atom. The van der Waals surface area contributed by atoms with Gasteiger partial charge in [0, 0.05) is 17.3 Å². The molecule has 96 valence electrons. The average molecular weight is 252 g/mol. The first-order valence-electron chi connectivity index (χ1n) is 6.87. The SMILES string of the molecule is CCNC1CCCCC1Cc1nc(C)c(C)s1. The Morgan fingerprint density at radius 2 is 2.06 bits per heavy atom. The summed E-state index contributed by atoms with van der Waals surface area (Å²) in [7, 11) is 0. The molecule has 3 heteroatoms. The third-order valence-electron chi connectivity index (χ3n) is 3.89. The summed E-state index contributed by atoms with van der Waals surface area (Å²) in [6.07, 6.45) is 6.69. The molecule has 0 aromatic carbocycles. The fraction of sp³-hybridized carbons (Fsp3) is 0.786. The molecule has 1 aliphatic carbocycles. The molecule has 2 unspecified atom stereocenters. The van der Waals surface area contributed by atoms with E-state index in [1.807, 2.05) is 11.3 Å². The second-order valence-electron chi connectivity index (χ2n) is 5.16. The van der Waals surface area contributed by atoms with Crippen LogP contribution in [0.5, 0.6) is 0 Å². The van der Waals surface area contributed by atoms with Gasteiger partial charge >= 0.3 is 0 Å². The largest absolute Gasteiger partial charge is 0.314 e. The van der Waals surface area contributed by atoms with E-state index in [-0.39, 0.29) is 0 Å². The summed E-state index contributed by atoms with van der Waals surface area (Å²) < 4.78 is 0. The van der Waals surface area contributed by atoms with E-state index >= 15 is 0 Å². The summed E-state index contributed by atoms with van der Waals surface area (Å²) in [5.41, 5.74) is 1.22. The van der Waals surface area contributed by atoms with E-state index in [1.165, 1.54) is 47.7 Å². The fourth-order valence-corrected chi connectivity index (χ4v) is 3.86. The van der Waals surface area contributed by atoms with Gasteiger partial charge in [-0.2, -0.15) is 0 Å². The minimum Gasteiger partial charge on any atom is -0.314 e. The molecule has 1 fully saturated rings. The van der Waals surface area contributed by atoms with Gasteiger partial charge in [-0.25, -0.2) is 4.98 Å². The predicted octanol–water partition coefficient (Wildman–Crippen LogP) is 3.47. The molecule has 2 atom stereocenters. The second kappa shape index (κ2) is 5.96. The van der Waals surface area contributed by atoms with Gasteiger partial charge in [0.15, 0.2) is 0 Å². The van der Waals surface area contributed by atoms with Crippen LogP contribution in [0.4, 0.5) is 0 Å². The van der Waals surface area contributed by atoms with Crippen molar-refractivity contribution in [1.29, 1.82) is 0 Å². The van der Waals surface area contributed by atoms with Crippen LogP contribution in [0, 0.1) is 19.8 Å². The minimum atomic E-state index is 0.721. The molecule has 17 heavy (non-hydrogen) atoms. The third-order valence-corrected chi connectivity index (χ3v) is 4.98. The molecule has 0 radical (unpaired) electrons. The van der Waals surface area contributed by atoms with Crippen LogP contribution < -0.4 is 5.32 Å². The molecule has 1 aromatic heterocycles. The number of hydrogen-bond acceptors (Lipinski definition) is 3. The van der Waals surface area contributed by atoms with E-state index in [0.29, 0.717) is 0 Å². The van der Waals surface area contributed by atoms with Gasteiger partial charge < -0.3 is 5.32 Å². The van der Waals surface area contributed by atoms with Crippen LogP contribution in [0.25, 0.3) is 0 Å². The standard InChI is InChI=1S/C14H24N2S/c1-4-15-13-8-6-5-7-12(13)9-14-16-10(2)11(3)17-14/h12-13,15H,4-9H2,1-3H3. The van der Waals surface area contributed by atoms with Crippen LogP contribution >= 0.6 is 11.3 Å². The van der Waals surface area contributed by atoms with Gasteiger partial charge in [0.1, 0.15) is 0 Å². The highest BCUT2D eigenvalue weighted by Gasteiger charge is 2.25. The Morgan fingerprint density at radius 1 is 1.29 bits per heavy atom. The maximum Gasteiger partial charge on any atom is 0.0934 e. The number of thiazole rings is 1. The van der Waals surface area contributed by atoms with Crippen molar-refractivity contribution >= 4 is 11.3 Å². The van der Waals surface area contributed by atoms with Crippen molar-refractivity contribution in [2.24, 2.45) is 5.92 Å². The number of rotatable bonds is 4. The van der Waals surface area contributed by atoms with Gasteiger partial charge in [0.05, 0.1) is 10.7 Å². The van der Waals surface area contributed by atoms with Crippen molar-refractivity contribution in [3.05, 3.63) is 15.6 Å². The van der Waals surface area contributed by atoms with Crippen molar-refractivity contribution in [3.63, 3.8) is 0 Å². The van der Waals surface area contributed by atoms with Gasteiger partial charge in [-0.3, -0.25) is 0 Å². The first-order valence-corrected chi connectivity index (χ1v) is 7.68. The van der Waals surface area contributed by atoms with Crippen molar-refractivity contribution < 1.29 is 0 Å². The Hall–Kier alpha value is -0.410. The fourth-order valence-electron chi connectivity index (χ4n) is 2.83. The predicted molar refractivity (Wildman–Crippen MR) is 74.7 cm³/mol. The number of hydrogen-bond donors (Lipinski definition) is 1. The van der Waals surface area contributed by atoms with E-state index < -0.39 is 0 Å². The first kappa shape index (κ1) is 13.0. The highest BCUT2D eigenvalue weighted by atomic mass is 32.1. The molecule has 1 saturated carbocycles. The van der Waals surface area contributed by atoms with Crippen LogP contribution in [0.3, 0.4) is 0 Å². The lowest BCUT2D eigenvalue weighted by molar-refractivity contribution is 0.264. The van der Waals surface area contributed by atoms with Crippen LogP contribution in [0.15, 0.2) is 0 Å². The van der Waals surface area contributed by atoms with E-state index in [4.69, 9.17) is 0 Å². The van der Waals surface area contributed by atoms with Crippen molar-refractivity contribution in [3.8, 4) is 0 Å². The summed E-state index contributed by atoms with van der Waals surface area (Å²) in [4.78, 5) is 6.07. The molecule has 1 N–H and O–H groups in total. The maximum atomic E-state index is 4.69. The number of aryl methyl sites for hydroxylation is 2. The molecule has 2 nitrogen and oxygen atoms in total. The highest BCUT2D eigenvalue weighted by molar-refractivity contribution is 7.11. The summed E-state index contributed by atoms with van der Waals surface area (Å²) in [6, 6.07) is 0.721. The molecule has 0 spiro atoms. The highest BCUT2D eigenvalue weighted by Crippen LogP contribution is 2.29. The topological polar surface area (TPSA) is 24.9 Å². The van der Waals surface area contributed by atoms with Gasteiger partial charge in [0.2, 0.25) is 0 Å². The molecule has 1 heterocycles. The number of nitrogens with zero attached hydrogens (tertiary/aromatic N) is 1. The smallest absolute Gasteiger partial charge is 0.0934 e. The minimum absolute atomic E-state index is 0.721. The van der Waals surface area contributed by atoms with Crippen LogP contribution in [-0.4, -0.2) is 17.6 Å². The molecular weight excluding hydrogens is 228 g/mol. The Kier molecular flexibility index (Phi) is 4.57. The molecule has 0 aliphatic heterocycles. The zero-order chi connectivity index (χ0) is 12.3. The van der Waals surface area contributed by atoms with Gasteiger partial charge in [-0.15, -0.1) is 11.3 Å². The Balaban J connectivity index is 2.00. The molecule has 1 aliphatic rings. The van der Waals surface area contributed by atoms with E-state index in [0.717, 1.165) is 18.5 Å². The molecule has 0 bridgehead atoms. The summed E-state index contributed by atoms with van der Waals surface area (Å²) in [5.74, 6) is 0.800. The molecule has 1 aromatic rings. The zero-order valence-corrected chi connectivity index (χ0v) is 12.1. The van der Waals surface area contributed by atoms with Crippen LogP contribution in [0.1, 0.15) is 48.2 Å². The van der Waals surface area contributed by atoms with Gasteiger partial charge in [0.25, 0.3) is 0 Å². The van der Waals surface area contributed by atoms with E-state index in [9.17, 15) is 0 Å². The third kappa shape index (κ3) is 3.29. The lowest BCUT2D eigenvalue weighted by Gasteiger charge is -2.31. The summed E-state index contributed by atoms with van der Waals surface area (Å²) in [5, 5.41) is 5.00. The van der Waals surface area contributed by atoms with Gasteiger partial charge in [-0.1, -0.05) is 19.8 Å². The summed E-state index contributed by atoms with van der Waals surface area (Å²) >= 11 is 1.89. The Bertz CT molecular complexity index is 338. The normalized spacial score (nSPS) is 25.1. The van der Waals surface area contributed by atoms with Crippen LogP contribution in [-0.2, 0) is 6.42 Å². The molecule has 0 saturated heterocycles. The van der Waals surface area contributed by atoms with E-state index in [2.05, 4.69) is 31.1 Å². The first-order chi connectivity index (χ1) is 8.20. The van der Waals surface area contributed by atoms with Crippen molar-refractivity contribution in [2.45, 2.75) is 58.9 Å². The van der Waals surface area contributed by atoms with Gasteiger partial charge in [-0.05, 0) is 39.2 Å². The quantitative estimate of drug-likeness (QED) is 0.887. The second-order valence-corrected chi connectivity index (χ2v) is 6.45. The number of nitrogens with one attached hydrogen (secondary N) is 1. The maximum absolute atomic E-state index is 4.69. The Labute approximate surface area is 109 Å². The molecule has 2 rings (SSSR count).